The van der Waals surface area contributed by atoms with Crippen LogP contribution in [0.15, 0.2) is 57.8 Å². The molecule has 0 spiro atoms. The number of amides is 1. The maximum atomic E-state index is 13.1. The zero-order chi connectivity index (χ0) is 25.7. The standard InChI is InChI=1S/C28H32BrN5O2/c1-18-12-19(2)32-28(36)25(18)16-31-27(35)23-13-21(29)14-26(24(23)15-30)33-22-8-10-34(11-9-22)17-20-6-4-3-5-7-20/h3-7,12-15,22,30,33H,8-11,16-17H2,1-2H3,(H,31,35)(H,32,36). The molecule has 0 saturated carbocycles. The Labute approximate surface area is 220 Å². The fourth-order valence-electron chi connectivity index (χ4n) is 4.74. The van der Waals surface area contributed by atoms with Crippen LogP contribution in [-0.2, 0) is 13.1 Å². The summed E-state index contributed by atoms with van der Waals surface area (Å²) in [7, 11) is 0. The molecule has 4 N–H and O–H groups in total. The number of H-pyrrole nitrogens is 1. The first-order chi connectivity index (χ1) is 17.3. The Morgan fingerprint density at radius 2 is 1.89 bits per heavy atom. The lowest BCUT2D eigenvalue weighted by Crippen LogP contribution is -2.39. The Bertz CT molecular complexity index is 1300. The number of anilines is 1. The largest absolute Gasteiger partial charge is 0.382 e. The summed E-state index contributed by atoms with van der Waals surface area (Å²) in [4.78, 5) is 30.7. The van der Waals surface area contributed by atoms with Crippen molar-refractivity contribution < 1.29 is 4.79 Å². The van der Waals surface area contributed by atoms with Crippen molar-refractivity contribution >= 4 is 33.7 Å². The highest BCUT2D eigenvalue weighted by molar-refractivity contribution is 9.10. The molecule has 1 aromatic heterocycles. The summed E-state index contributed by atoms with van der Waals surface area (Å²) in [6.45, 7) is 6.72. The number of halogens is 1. The second-order valence-electron chi connectivity index (χ2n) is 9.36. The van der Waals surface area contributed by atoms with Crippen LogP contribution in [0.4, 0.5) is 5.69 Å². The zero-order valence-corrected chi connectivity index (χ0v) is 22.2. The molecule has 1 saturated heterocycles. The number of hydrogen-bond acceptors (Lipinski definition) is 5. The van der Waals surface area contributed by atoms with Crippen LogP contribution < -0.4 is 16.2 Å². The molecule has 2 aromatic carbocycles. The molecular formula is C28H32BrN5O2. The maximum absolute atomic E-state index is 13.1. The number of hydrogen-bond donors (Lipinski definition) is 4. The van der Waals surface area contributed by atoms with Crippen LogP contribution in [0.3, 0.4) is 0 Å². The fraction of sp³-hybridized carbons (Fsp3) is 0.321. The zero-order valence-electron chi connectivity index (χ0n) is 20.7. The van der Waals surface area contributed by atoms with E-state index in [2.05, 4.69) is 60.7 Å². The third-order valence-corrected chi connectivity index (χ3v) is 7.11. The molecule has 188 valence electrons. The number of piperidine rings is 1. The summed E-state index contributed by atoms with van der Waals surface area (Å²) in [6, 6.07) is 16.3. The molecule has 2 heterocycles. The van der Waals surface area contributed by atoms with Crippen LogP contribution in [0.1, 0.15) is 51.1 Å². The van der Waals surface area contributed by atoms with Gasteiger partial charge < -0.3 is 21.0 Å². The number of carbonyl (C=O) groups is 1. The van der Waals surface area contributed by atoms with Crippen LogP contribution in [0.25, 0.3) is 0 Å². The molecule has 1 aliphatic heterocycles. The van der Waals surface area contributed by atoms with Crippen LogP contribution in [0, 0.1) is 19.3 Å². The van der Waals surface area contributed by atoms with Gasteiger partial charge in [-0.15, -0.1) is 0 Å². The first-order valence-electron chi connectivity index (χ1n) is 12.2. The number of aromatic amines is 1. The number of nitrogens with zero attached hydrogens (tertiary/aromatic N) is 1. The van der Waals surface area contributed by atoms with Gasteiger partial charge in [0.25, 0.3) is 11.5 Å². The third kappa shape index (κ3) is 6.30. The Kier molecular flexibility index (Phi) is 8.38. The summed E-state index contributed by atoms with van der Waals surface area (Å²) in [6.07, 6.45) is 3.18. The molecule has 4 rings (SSSR count). The van der Waals surface area contributed by atoms with Gasteiger partial charge in [-0.3, -0.25) is 14.5 Å². The fourth-order valence-corrected chi connectivity index (χ4v) is 5.20. The van der Waals surface area contributed by atoms with E-state index in [4.69, 9.17) is 5.41 Å². The van der Waals surface area contributed by atoms with Crippen molar-refractivity contribution in [3.05, 3.63) is 96.9 Å². The van der Waals surface area contributed by atoms with Gasteiger partial charge in [0.1, 0.15) is 0 Å². The second-order valence-corrected chi connectivity index (χ2v) is 10.3. The summed E-state index contributed by atoms with van der Waals surface area (Å²) < 4.78 is 0.756. The molecule has 7 nitrogen and oxygen atoms in total. The number of nitrogens with one attached hydrogen (secondary N) is 4. The van der Waals surface area contributed by atoms with Crippen molar-refractivity contribution in [3.8, 4) is 0 Å². The van der Waals surface area contributed by atoms with Gasteiger partial charge in [-0.25, -0.2) is 0 Å². The van der Waals surface area contributed by atoms with E-state index in [-0.39, 0.29) is 24.1 Å². The van der Waals surface area contributed by atoms with Gasteiger partial charge in [0.2, 0.25) is 0 Å². The molecule has 36 heavy (non-hydrogen) atoms. The van der Waals surface area contributed by atoms with Gasteiger partial charge in [-0.1, -0.05) is 46.3 Å². The van der Waals surface area contributed by atoms with E-state index in [1.54, 1.807) is 6.07 Å². The SMILES string of the molecule is Cc1cc(C)c(CNC(=O)c2cc(Br)cc(NC3CCN(Cc4ccccc4)CC3)c2C=N)c(=O)[nH]1. The van der Waals surface area contributed by atoms with Crippen molar-refractivity contribution in [2.75, 3.05) is 18.4 Å². The van der Waals surface area contributed by atoms with Crippen LogP contribution in [-0.4, -0.2) is 41.1 Å². The van der Waals surface area contributed by atoms with Gasteiger partial charge >= 0.3 is 0 Å². The first-order valence-corrected chi connectivity index (χ1v) is 13.0. The van der Waals surface area contributed by atoms with Gasteiger partial charge in [-0.2, -0.15) is 0 Å². The van der Waals surface area contributed by atoms with E-state index < -0.39 is 0 Å². The Balaban J connectivity index is 1.43. The van der Waals surface area contributed by atoms with Gasteiger partial charge in [0.05, 0.1) is 5.56 Å². The quantitative estimate of drug-likeness (QED) is 0.304. The molecule has 0 atom stereocenters. The average Bonchev–Trinajstić information content (AvgIpc) is 2.85. The number of benzene rings is 2. The molecule has 8 heteroatoms. The minimum absolute atomic E-state index is 0.118. The van der Waals surface area contributed by atoms with Crippen LogP contribution >= 0.6 is 15.9 Å². The lowest BCUT2D eigenvalue weighted by atomic mass is 10.0. The van der Waals surface area contributed by atoms with Crippen molar-refractivity contribution in [3.63, 3.8) is 0 Å². The smallest absolute Gasteiger partial charge is 0.253 e. The van der Waals surface area contributed by atoms with Crippen LogP contribution in [0.5, 0.6) is 0 Å². The summed E-state index contributed by atoms with van der Waals surface area (Å²) >= 11 is 3.53. The Hall–Kier alpha value is -3.23. The summed E-state index contributed by atoms with van der Waals surface area (Å²) in [5.41, 5.74) is 4.96. The number of aromatic nitrogens is 1. The van der Waals surface area contributed by atoms with Crippen molar-refractivity contribution in [1.29, 1.82) is 5.41 Å². The van der Waals surface area contributed by atoms with E-state index in [1.165, 1.54) is 11.8 Å². The Morgan fingerprint density at radius 3 is 2.56 bits per heavy atom. The van der Waals surface area contributed by atoms with Gasteiger partial charge in [0, 0.05) is 65.4 Å². The van der Waals surface area contributed by atoms with Crippen molar-refractivity contribution in [2.24, 2.45) is 0 Å². The van der Waals surface area contributed by atoms with E-state index >= 15 is 0 Å². The maximum Gasteiger partial charge on any atom is 0.253 e. The van der Waals surface area contributed by atoms with E-state index in [0.717, 1.165) is 53.9 Å². The highest BCUT2D eigenvalue weighted by atomic mass is 79.9. The monoisotopic (exact) mass is 549 g/mol. The Morgan fingerprint density at radius 1 is 1.17 bits per heavy atom. The third-order valence-electron chi connectivity index (χ3n) is 6.65. The van der Waals surface area contributed by atoms with Gasteiger partial charge in [0.15, 0.2) is 0 Å². The number of pyridine rings is 1. The minimum Gasteiger partial charge on any atom is -0.382 e. The normalized spacial score (nSPS) is 14.4. The minimum atomic E-state index is -0.324. The molecule has 0 bridgehead atoms. The van der Waals surface area contributed by atoms with E-state index in [0.29, 0.717) is 16.7 Å². The highest BCUT2D eigenvalue weighted by Crippen LogP contribution is 2.27. The number of likely N-dealkylation sites (tertiary alicyclic amines) is 1. The summed E-state index contributed by atoms with van der Waals surface area (Å²) in [5, 5.41) is 14.5. The van der Waals surface area contributed by atoms with Crippen molar-refractivity contribution in [1.82, 2.24) is 15.2 Å². The highest BCUT2D eigenvalue weighted by Gasteiger charge is 2.22. The van der Waals surface area contributed by atoms with Crippen molar-refractivity contribution in [2.45, 2.75) is 45.8 Å². The second kappa shape index (κ2) is 11.7. The van der Waals surface area contributed by atoms with E-state index in [9.17, 15) is 9.59 Å². The molecule has 0 radical (unpaired) electrons. The van der Waals surface area contributed by atoms with Crippen LogP contribution in [0.2, 0.25) is 0 Å². The molecule has 3 aromatic rings. The molecule has 0 unspecified atom stereocenters. The number of aryl methyl sites for hydroxylation is 2. The topological polar surface area (TPSA) is 101 Å². The molecule has 1 aliphatic rings. The van der Waals surface area contributed by atoms with E-state index in [1.807, 2.05) is 32.0 Å². The molecule has 1 amide bonds. The molecule has 0 aliphatic carbocycles. The first kappa shape index (κ1) is 25.9. The predicted octanol–water partition coefficient (Wildman–Crippen LogP) is 4.76. The average molecular weight is 551 g/mol. The molecule has 1 fully saturated rings. The van der Waals surface area contributed by atoms with Gasteiger partial charge in [-0.05, 0) is 56.0 Å². The number of carbonyl (C=O) groups excluding carboxylic acids is 1. The predicted molar refractivity (Wildman–Crippen MR) is 148 cm³/mol. The summed E-state index contributed by atoms with van der Waals surface area (Å²) in [5.74, 6) is -0.324. The molecular weight excluding hydrogens is 518 g/mol. The number of rotatable bonds is 8. The lowest BCUT2D eigenvalue weighted by molar-refractivity contribution is 0.0950. The lowest BCUT2D eigenvalue weighted by Gasteiger charge is -2.33.